The van der Waals surface area contributed by atoms with Crippen LogP contribution in [-0.2, 0) is 4.79 Å². The van der Waals surface area contributed by atoms with Crippen molar-refractivity contribution in [2.45, 2.75) is 32.2 Å². The molecule has 0 bridgehead atoms. The molecule has 4 nitrogen and oxygen atoms in total. The molecule has 142 valence electrons. The maximum absolute atomic E-state index is 13.9. The van der Waals surface area contributed by atoms with Gasteiger partial charge in [-0.3, -0.25) is 4.79 Å². The van der Waals surface area contributed by atoms with Gasteiger partial charge < -0.3 is 16.0 Å². The summed E-state index contributed by atoms with van der Waals surface area (Å²) in [5.74, 6) is -1.69. The van der Waals surface area contributed by atoms with Crippen LogP contribution in [0.5, 0.6) is 0 Å². The fraction of sp³-hybridized carbons (Fsp3) is 0.421. The van der Waals surface area contributed by atoms with Gasteiger partial charge in [-0.2, -0.15) is 0 Å². The van der Waals surface area contributed by atoms with Gasteiger partial charge in [0.15, 0.2) is 0 Å². The summed E-state index contributed by atoms with van der Waals surface area (Å²) in [5.41, 5.74) is 6.31. The number of nitrogens with one attached hydrogen (secondary N) is 1. The quantitative estimate of drug-likeness (QED) is 0.710. The van der Waals surface area contributed by atoms with Crippen molar-refractivity contribution in [1.29, 1.82) is 0 Å². The van der Waals surface area contributed by atoms with E-state index < -0.39 is 11.6 Å². The molecule has 1 amide bonds. The molecule has 0 spiro atoms. The Bertz CT molecular complexity index is 717. The predicted octanol–water partition coefficient (Wildman–Crippen LogP) is 3.46. The van der Waals surface area contributed by atoms with Gasteiger partial charge in [-0.1, -0.05) is 18.3 Å². The van der Waals surface area contributed by atoms with E-state index in [9.17, 15) is 13.6 Å². The van der Waals surface area contributed by atoms with E-state index in [2.05, 4.69) is 23.8 Å². The van der Waals surface area contributed by atoms with Gasteiger partial charge in [0, 0.05) is 34.8 Å². The van der Waals surface area contributed by atoms with Crippen LogP contribution in [0.15, 0.2) is 35.4 Å². The topological polar surface area (TPSA) is 58.4 Å². The molecule has 1 fully saturated rings. The van der Waals surface area contributed by atoms with Crippen LogP contribution in [0.4, 0.5) is 8.78 Å². The lowest BCUT2D eigenvalue weighted by Crippen LogP contribution is -2.32. The predicted molar refractivity (Wildman–Crippen MR) is 103 cm³/mol. The number of likely N-dealkylation sites (tertiary alicyclic amines) is 1. The first-order valence-corrected chi connectivity index (χ1v) is 9.38. The summed E-state index contributed by atoms with van der Waals surface area (Å²) < 4.78 is 27.0. The Morgan fingerprint density at radius 1 is 1.46 bits per heavy atom. The average Bonchev–Trinajstić information content (AvgIpc) is 2.97. The second-order valence-electron chi connectivity index (χ2n) is 6.48. The zero-order chi connectivity index (χ0) is 19.3. The highest BCUT2D eigenvalue weighted by Crippen LogP contribution is 2.34. The lowest BCUT2D eigenvalue weighted by Gasteiger charge is -2.19. The van der Waals surface area contributed by atoms with E-state index in [-0.39, 0.29) is 16.4 Å². The second-order valence-corrected chi connectivity index (χ2v) is 7.59. The summed E-state index contributed by atoms with van der Waals surface area (Å²) in [5, 5.41) is 2.87. The number of hydrogen-bond donors (Lipinski definition) is 2. The fourth-order valence-corrected chi connectivity index (χ4v) is 3.82. The molecular weight excluding hydrogens is 356 g/mol. The van der Waals surface area contributed by atoms with Gasteiger partial charge in [-0.05, 0) is 51.9 Å². The molecule has 26 heavy (non-hydrogen) atoms. The standard InChI is InChI=1S/C19H25F2N3OS/c1-12(22)18(19(25)23-9-8-15-5-4-10-24(15)3)26-13(2)16-7-6-14(20)11-17(16)21/h6-7,11,15H,2,4-5,8-10,22H2,1,3H3,(H,23,25)/b18-12-. The van der Waals surface area contributed by atoms with Gasteiger partial charge in [-0.15, -0.1) is 0 Å². The third kappa shape index (κ3) is 5.32. The van der Waals surface area contributed by atoms with Gasteiger partial charge in [0.25, 0.3) is 5.91 Å². The molecule has 0 saturated carbocycles. The first-order valence-electron chi connectivity index (χ1n) is 8.56. The van der Waals surface area contributed by atoms with Crippen molar-refractivity contribution in [3.05, 3.63) is 52.6 Å². The van der Waals surface area contributed by atoms with E-state index in [1.54, 1.807) is 6.92 Å². The summed E-state index contributed by atoms with van der Waals surface area (Å²) >= 11 is 0.993. The monoisotopic (exact) mass is 381 g/mol. The Labute approximate surface area is 157 Å². The van der Waals surface area contributed by atoms with Gasteiger partial charge in [-0.25, -0.2) is 8.78 Å². The summed E-state index contributed by atoms with van der Waals surface area (Å²) in [6.07, 6.45) is 3.19. The van der Waals surface area contributed by atoms with Crippen molar-refractivity contribution < 1.29 is 13.6 Å². The Balaban J connectivity index is 1.96. The molecule has 1 heterocycles. The van der Waals surface area contributed by atoms with Crippen molar-refractivity contribution in [2.75, 3.05) is 20.1 Å². The van der Waals surface area contributed by atoms with Gasteiger partial charge >= 0.3 is 0 Å². The van der Waals surface area contributed by atoms with Crippen LogP contribution in [0.1, 0.15) is 31.7 Å². The number of allylic oxidation sites excluding steroid dienone is 1. The molecular formula is C19H25F2N3OS. The Morgan fingerprint density at radius 3 is 2.77 bits per heavy atom. The molecule has 1 aromatic carbocycles. The Morgan fingerprint density at radius 2 is 2.19 bits per heavy atom. The number of amides is 1. The maximum atomic E-state index is 13.9. The molecule has 1 unspecified atom stereocenters. The van der Waals surface area contributed by atoms with Crippen LogP contribution in [0.3, 0.4) is 0 Å². The second kappa shape index (κ2) is 9.19. The summed E-state index contributed by atoms with van der Waals surface area (Å²) in [4.78, 5) is 15.3. The molecule has 0 aromatic heterocycles. The number of carbonyl (C=O) groups is 1. The number of halogens is 2. The number of thioether (sulfide) groups is 1. The SMILES string of the molecule is C=C(S/C(C(=O)NCCC1CCCN1C)=C(/C)N)c1ccc(F)cc1F. The van der Waals surface area contributed by atoms with Crippen LogP contribution < -0.4 is 11.1 Å². The molecule has 1 atom stereocenters. The average molecular weight is 381 g/mol. The molecule has 7 heteroatoms. The van der Waals surface area contributed by atoms with Crippen molar-refractivity contribution in [3.63, 3.8) is 0 Å². The van der Waals surface area contributed by atoms with E-state index in [0.29, 0.717) is 23.2 Å². The minimum Gasteiger partial charge on any atom is -0.401 e. The molecule has 1 aliphatic rings. The summed E-state index contributed by atoms with van der Waals surface area (Å²) in [6.45, 7) is 7.04. The minimum absolute atomic E-state index is 0.149. The highest BCUT2D eigenvalue weighted by Gasteiger charge is 2.21. The zero-order valence-corrected chi connectivity index (χ0v) is 16.0. The normalized spacial score (nSPS) is 18.5. The smallest absolute Gasteiger partial charge is 0.259 e. The number of rotatable bonds is 7. The molecule has 1 aromatic rings. The van der Waals surface area contributed by atoms with Crippen LogP contribution in [-0.4, -0.2) is 37.0 Å². The van der Waals surface area contributed by atoms with Gasteiger partial charge in [0.1, 0.15) is 11.6 Å². The Kier molecular flexibility index (Phi) is 7.23. The maximum Gasteiger partial charge on any atom is 0.259 e. The zero-order valence-electron chi connectivity index (χ0n) is 15.1. The van der Waals surface area contributed by atoms with E-state index in [1.807, 2.05) is 0 Å². The van der Waals surface area contributed by atoms with Crippen LogP contribution in [0.2, 0.25) is 0 Å². The Hall–Kier alpha value is -1.86. The lowest BCUT2D eigenvalue weighted by molar-refractivity contribution is -0.116. The van der Waals surface area contributed by atoms with E-state index >= 15 is 0 Å². The first kappa shape index (κ1) is 20.5. The van der Waals surface area contributed by atoms with Crippen LogP contribution >= 0.6 is 11.8 Å². The van der Waals surface area contributed by atoms with Crippen LogP contribution in [0, 0.1) is 11.6 Å². The largest absolute Gasteiger partial charge is 0.401 e. The molecule has 1 saturated heterocycles. The van der Waals surface area contributed by atoms with E-state index in [0.717, 1.165) is 43.3 Å². The number of carbonyl (C=O) groups excluding carboxylic acids is 1. The fourth-order valence-electron chi connectivity index (χ4n) is 2.98. The number of benzene rings is 1. The highest BCUT2D eigenvalue weighted by atomic mass is 32.2. The molecule has 3 N–H and O–H groups in total. The number of hydrogen-bond acceptors (Lipinski definition) is 4. The number of nitrogens with zero attached hydrogens (tertiary/aromatic N) is 1. The minimum atomic E-state index is -0.721. The van der Waals surface area contributed by atoms with Gasteiger partial charge in [0.2, 0.25) is 0 Å². The first-order chi connectivity index (χ1) is 12.3. The van der Waals surface area contributed by atoms with Crippen molar-refractivity contribution in [1.82, 2.24) is 10.2 Å². The van der Waals surface area contributed by atoms with Crippen molar-refractivity contribution >= 4 is 22.6 Å². The van der Waals surface area contributed by atoms with Crippen molar-refractivity contribution in [2.24, 2.45) is 5.73 Å². The van der Waals surface area contributed by atoms with Crippen molar-refractivity contribution in [3.8, 4) is 0 Å². The van der Waals surface area contributed by atoms with Gasteiger partial charge in [0.05, 0.1) is 4.91 Å². The molecule has 0 radical (unpaired) electrons. The molecule has 2 rings (SSSR count). The summed E-state index contributed by atoms with van der Waals surface area (Å²) in [6, 6.07) is 3.73. The van der Waals surface area contributed by atoms with Crippen LogP contribution in [0.25, 0.3) is 4.91 Å². The third-order valence-electron chi connectivity index (χ3n) is 4.46. The third-order valence-corrected chi connectivity index (χ3v) is 5.63. The van der Waals surface area contributed by atoms with E-state index in [1.165, 1.54) is 12.5 Å². The number of nitrogens with two attached hydrogens (primary N) is 1. The lowest BCUT2D eigenvalue weighted by atomic mass is 10.1. The highest BCUT2D eigenvalue weighted by molar-refractivity contribution is 8.12. The summed E-state index contributed by atoms with van der Waals surface area (Å²) in [7, 11) is 2.09. The molecule has 1 aliphatic heterocycles. The molecule has 0 aliphatic carbocycles. The van der Waals surface area contributed by atoms with E-state index in [4.69, 9.17) is 5.73 Å².